The first-order valence-electron chi connectivity index (χ1n) is 4.66. The van der Waals surface area contributed by atoms with Gasteiger partial charge in [-0.05, 0) is 13.0 Å². The van der Waals surface area contributed by atoms with E-state index >= 15 is 0 Å². The summed E-state index contributed by atoms with van der Waals surface area (Å²) in [5.41, 5.74) is 7.44. The largest absolute Gasteiger partial charge is 0.464 e. The zero-order valence-electron chi connectivity index (χ0n) is 8.41. The van der Waals surface area contributed by atoms with Crippen molar-refractivity contribution >= 4 is 11.9 Å². The van der Waals surface area contributed by atoms with Gasteiger partial charge in [-0.1, -0.05) is 0 Å². The van der Waals surface area contributed by atoms with E-state index in [1.54, 1.807) is 0 Å². The molecule has 3 N–H and O–H groups in total. The van der Waals surface area contributed by atoms with Gasteiger partial charge in [0.05, 0.1) is 12.8 Å². The van der Waals surface area contributed by atoms with E-state index in [1.807, 2.05) is 0 Å². The van der Waals surface area contributed by atoms with Crippen molar-refractivity contribution in [3.8, 4) is 0 Å². The van der Waals surface area contributed by atoms with E-state index in [0.717, 1.165) is 24.2 Å². The van der Waals surface area contributed by atoms with Crippen LogP contribution in [0.4, 0.5) is 5.95 Å². The van der Waals surface area contributed by atoms with Crippen molar-refractivity contribution in [2.45, 2.75) is 13.0 Å². The zero-order valence-corrected chi connectivity index (χ0v) is 8.41. The Hall–Kier alpha value is -1.69. The maximum absolute atomic E-state index is 11.4. The molecule has 0 unspecified atom stereocenters. The number of aromatic nitrogens is 2. The third-order valence-electron chi connectivity index (χ3n) is 2.33. The molecule has 15 heavy (non-hydrogen) atoms. The van der Waals surface area contributed by atoms with E-state index in [2.05, 4.69) is 20.0 Å². The molecule has 0 saturated carbocycles. The highest BCUT2D eigenvalue weighted by molar-refractivity contribution is 5.89. The number of hydrogen-bond acceptors (Lipinski definition) is 6. The molecule has 0 amide bonds. The Balaban J connectivity index is 2.52. The average molecular weight is 208 g/mol. The summed E-state index contributed by atoms with van der Waals surface area (Å²) < 4.78 is 4.65. The van der Waals surface area contributed by atoms with Gasteiger partial charge in [0, 0.05) is 12.1 Å². The highest BCUT2D eigenvalue weighted by Gasteiger charge is 2.21. The molecule has 1 aromatic heterocycles. The van der Waals surface area contributed by atoms with Crippen LogP contribution in [0.2, 0.25) is 0 Å². The fraction of sp³-hybridized carbons (Fsp3) is 0.444. The van der Waals surface area contributed by atoms with Gasteiger partial charge in [-0.2, -0.15) is 0 Å². The molecule has 1 aromatic rings. The van der Waals surface area contributed by atoms with Gasteiger partial charge in [0.2, 0.25) is 5.95 Å². The van der Waals surface area contributed by atoms with Gasteiger partial charge < -0.3 is 15.8 Å². The molecule has 0 aromatic carbocycles. The normalized spacial score (nSPS) is 14.5. The first-order valence-corrected chi connectivity index (χ1v) is 4.66. The van der Waals surface area contributed by atoms with Crippen LogP contribution in [0.5, 0.6) is 0 Å². The van der Waals surface area contributed by atoms with Gasteiger partial charge in [-0.3, -0.25) is 0 Å². The Bertz CT molecular complexity index is 405. The van der Waals surface area contributed by atoms with Gasteiger partial charge in [0.1, 0.15) is 0 Å². The molecule has 2 rings (SSSR count). The molecular weight excluding hydrogens is 196 g/mol. The number of nitrogen functional groups attached to an aromatic ring is 1. The van der Waals surface area contributed by atoms with E-state index in [1.165, 1.54) is 7.11 Å². The summed E-state index contributed by atoms with van der Waals surface area (Å²) in [6, 6.07) is 0. The predicted octanol–water partition coefficient (Wildman–Crippen LogP) is -0.509. The standard InChI is InChI=1S/C9H12N4O2/c1-15-8(14)7-5-2-3-11-4-6(5)12-9(10)13-7/h11H,2-4H2,1H3,(H2,10,12,13). The second-order valence-electron chi connectivity index (χ2n) is 3.27. The van der Waals surface area contributed by atoms with Crippen LogP contribution in [0.1, 0.15) is 21.7 Å². The molecule has 6 heteroatoms. The highest BCUT2D eigenvalue weighted by Crippen LogP contribution is 2.17. The van der Waals surface area contributed by atoms with Crippen molar-refractivity contribution in [3.63, 3.8) is 0 Å². The number of fused-ring (bicyclic) bond motifs is 1. The smallest absolute Gasteiger partial charge is 0.357 e. The van der Waals surface area contributed by atoms with Crippen LogP contribution in [0.3, 0.4) is 0 Å². The number of nitrogens with zero attached hydrogens (tertiary/aromatic N) is 2. The summed E-state index contributed by atoms with van der Waals surface area (Å²) in [6.07, 6.45) is 0.722. The zero-order chi connectivity index (χ0) is 10.8. The lowest BCUT2D eigenvalue weighted by atomic mass is 10.0. The first-order chi connectivity index (χ1) is 7.22. The summed E-state index contributed by atoms with van der Waals surface area (Å²) in [7, 11) is 1.33. The average Bonchev–Trinajstić information content (AvgIpc) is 2.26. The molecule has 0 bridgehead atoms. The minimum atomic E-state index is -0.456. The summed E-state index contributed by atoms with van der Waals surface area (Å²) in [4.78, 5) is 19.5. The fourth-order valence-corrected chi connectivity index (χ4v) is 1.64. The van der Waals surface area contributed by atoms with Crippen LogP contribution in [-0.4, -0.2) is 29.6 Å². The lowest BCUT2D eigenvalue weighted by Gasteiger charge is -2.17. The fourth-order valence-electron chi connectivity index (χ4n) is 1.64. The van der Waals surface area contributed by atoms with Crippen LogP contribution < -0.4 is 11.1 Å². The minimum absolute atomic E-state index is 0.109. The number of rotatable bonds is 1. The van der Waals surface area contributed by atoms with Gasteiger partial charge in [0.15, 0.2) is 5.69 Å². The quantitative estimate of drug-likeness (QED) is 0.604. The first kappa shape index (κ1) is 9.85. The highest BCUT2D eigenvalue weighted by atomic mass is 16.5. The molecular formula is C9H12N4O2. The summed E-state index contributed by atoms with van der Waals surface area (Å²) in [6.45, 7) is 1.43. The van der Waals surface area contributed by atoms with Crippen molar-refractivity contribution in [2.75, 3.05) is 19.4 Å². The number of nitrogens with two attached hydrogens (primary N) is 1. The molecule has 80 valence electrons. The number of anilines is 1. The maximum Gasteiger partial charge on any atom is 0.357 e. The maximum atomic E-state index is 11.4. The van der Waals surface area contributed by atoms with Crippen LogP contribution in [0, 0.1) is 0 Å². The van der Waals surface area contributed by atoms with Crippen LogP contribution in [-0.2, 0) is 17.7 Å². The Kier molecular flexibility index (Phi) is 2.51. The van der Waals surface area contributed by atoms with E-state index < -0.39 is 5.97 Å². The van der Waals surface area contributed by atoms with Crippen molar-refractivity contribution in [2.24, 2.45) is 0 Å². The topological polar surface area (TPSA) is 90.1 Å². The summed E-state index contributed by atoms with van der Waals surface area (Å²) in [5.74, 6) is -0.347. The van der Waals surface area contributed by atoms with Crippen LogP contribution >= 0.6 is 0 Å². The van der Waals surface area contributed by atoms with Crippen molar-refractivity contribution in [3.05, 3.63) is 17.0 Å². The molecule has 0 aliphatic carbocycles. The molecule has 2 heterocycles. The molecule has 0 fully saturated rings. The van der Waals surface area contributed by atoms with Gasteiger partial charge in [0.25, 0.3) is 0 Å². The number of methoxy groups -OCH3 is 1. The number of carbonyl (C=O) groups excluding carboxylic acids is 1. The summed E-state index contributed by atoms with van der Waals surface area (Å²) in [5, 5.41) is 3.15. The Morgan fingerprint density at radius 3 is 3.07 bits per heavy atom. The van der Waals surface area contributed by atoms with Crippen LogP contribution in [0.15, 0.2) is 0 Å². The van der Waals surface area contributed by atoms with E-state index in [9.17, 15) is 4.79 Å². The lowest BCUT2D eigenvalue weighted by Crippen LogP contribution is -2.28. The van der Waals surface area contributed by atoms with E-state index in [-0.39, 0.29) is 5.95 Å². The molecule has 6 nitrogen and oxygen atoms in total. The third-order valence-corrected chi connectivity index (χ3v) is 2.33. The second-order valence-corrected chi connectivity index (χ2v) is 3.27. The SMILES string of the molecule is COC(=O)c1nc(N)nc2c1CCNC2. The van der Waals surface area contributed by atoms with Crippen molar-refractivity contribution in [1.82, 2.24) is 15.3 Å². The molecule has 0 spiro atoms. The van der Waals surface area contributed by atoms with Crippen LogP contribution in [0.25, 0.3) is 0 Å². The van der Waals surface area contributed by atoms with Gasteiger partial charge >= 0.3 is 5.97 Å². The third kappa shape index (κ3) is 1.75. The summed E-state index contributed by atoms with van der Waals surface area (Å²) >= 11 is 0. The second kappa shape index (κ2) is 3.82. The number of nitrogens with one attached hydrogen (secondary N) is 1. The monoisotopic (exact) mass is 208 g/mol. The molecule has 0 saturated heterocycles. The number of esters is 1. The Morgan fingerprint density at radius 2 is 2.33 bits per heavy atom. The lowest BCUT2D eigenvalue weighted by molar-refractivity contribution is 0.0592. The van der Waals surface area contributed by atoms with Gasteiger partial charge in [-0.25, -0.2) is 14.8 Å². The molecule has 1 aliphatic rings. The minimum Gasteiger partial charge on any atom is -0.464 e. The van der Waals surface area contributed by atoms with Crippen molar-refractivity contribution in [1.29, 1.82) is 0 Å². The Morgan fingerprint density at radius 1 is 1.53 bits per heavy atom. The van der Waals surface area contributed by atoms with E-state index in [0.29, 0.717) is 12.2 Å². The number of hydrogen-bond donors (Lipinski definition) is 2. The Labute approximate surface area is 86.9 Å². The van der Waals surface area contributed by atoms with E-state index in [4.69, 9.17) is 5.73 Å². The number of carbonyl (C=O) groups is 1. The van der Waals surface area contributed by atoms with Gasteiger partial charge in [-0.15, -0.1) is 0 Å². The van der Waals surface area contributed by atoms with Crippen molar-refractivity contribution < 1.29 is 9.53 Å². The molecule has 0 atom stereocenters. The number of ether oxygens (including phenoxy) is 1. The molecule has 1 aliphatic heterocycles. The predicted molar refractivity (Wildman–Crippen MR) is 53.2 cm³/mol. The molecule has 0 radical (unpaired) electrons.